The van der Waals surface area contributed by atoms with E-state index in [1.807, 2.05) is 0 Å². The van der Waals surface area contributed by atoms with Crippen LogP contribution in [-0.2, 0) is 19.1 Å². The van der Waals surface area contributed by atoms with Gasteiger partial charge in [-0.2, -0.15) is 0 Å². The van der Waals surface area contributed by atoms with Crippen molar-refractivity contribution in [3.63, 3.8) is 0 Å². The van der Waals surface area contributed by atoms with Crippen LogP contribution in [0, 0.1) is 5.41 Å². The van der Waals surface area contributed by atoms with Crippen LogP contribution in [-0.4, -0.2) is 68.1 Å². The number of hydrogen-bond acceptors (Lipinski definition) is 9. The number of fused-ring (bicyclic) bond motifs is 2. The van der Waals surface area contributed by atoms with Crippen LogP contribution in [0.25, 0.3) is 21.8 Å². The minimum atomic E-state index is -1.19. The first-order valence-corrected chi connectivity index (χ1v) is 12.8. The van der Waals surface area contributed by atoms with Crippen molar-refractivity contribution in [2.45, 2.75) is 38.8 Å². The summed E-state index contributed by atoms with van der Waals surface area (Å²) in [6.45, 7) is 3.50. The number of para-hydroxylation sites is 2. The van der Waals surface area contributed by atoms with Gasteiger partial charge in [0.25, 0.3) is 0 Å². The van der Waals surface area contributed by atoms with Gasteiger partial charge in [0.1, 0.15) is 12.1 Å². The molecule has 1 fully saturated rings. The van der Waals surface area contributed by atoms with Crippen LogP contribution in [0.1, 0.15) is 68.1 Å². The molecule has 1 aliphatic rings. The molecule has 0 radical (unpaired) electrons. The van der Waals surface area contributed by atoms with E-state index in [1.165, 1.54) is 48.8 Å². The summed E-state index contributed by atoms with van der Waals surface area (Å²) in [6, 6.07) is 6.50. The lowest BCUT2D eigenvalue weighted by atomic mass is 9.75. The average Bonchev–Trinajstić information content (AvgIpc) is 3.57. The lowest BCUT2D eigenvalue weighted by Gasteiger charge is -2.40. The number of benzene rings is 2. The van der Waals surface area contributed by atoms with Crippen LogP contribution in [0.4, 0.5) is 0 Å². The van der Waals surface area contributed by atoms with Crippen LogP contribution in [0.2, 0.25) is 0 Å². The van der Waals surface area contributed by atoms with E-state index in [2.05, 4.69) is 15.3 Å². The Kier molecular flexibility index (Phi) is 7.12. The molecule has 0 spiro atoms. The lowest BCUT2D eigenvalue weighted by Crippen LogP contribution is -2.59. The first kappa shape index (κ1) is 28.2. The van der Waals surface area contributed by atoms with Crippen LogP contribution < -0.4 is 5.32 Å². The van der Waals surface area contributed by atoms with E-state index >= 15 is 0 Å². The number of carboxylic acids is 2. The van der Waals surface area contributed by atoms with E-state index < -0.39 is 53.3 Å². The molecule has 0 aliphatic carbocycles. The number of carboxylic acid groups (broad SMARTS) is 2. The quantitative estimate of drug-likeness (QED) is 0.167. The Bertz CT molecular complexity index is 1800. The minimum Gasteiger partial charge on any atom is -0.478 e. The number of carbonyl (C=O) groups excluding carboxylic acids is 4. The van der Waals surface area contributed by atoms with Crippen LogP contribution >= 0.6 is 0 Å². The fourth-order valence-electron chi connectivity index (χ4n) is 5.17. The zero-order chi connectivity index (χ0) is 30.3. The molecule has 2 aromatic heterocycles. The average molecular weight is 576 g/mol. The van der Waals surface area contributed by atoms with Crippen molar-refractivity contribution < 1.29 is 48.5 Å². The highest BCUT2D eigenvalue weighted by atomic mass is 16.6. The van der Waals surface area contributed by atoms with Crippen molar-refractivity contribution in [2.24, 2.45) is 5.41 Å². The zero-order valence-corrected chi connectivity index (χ0v) is 22.3. The molecule has 2 atom stereocenters. The van der Waals surface area contributed by atoms with Gasteiger partial charge in [0.2, 0.25) is 0 Å². The van der Waals surface area contributed by atoms with E-state index in [-0.39, 0.29) is 50.5 Å². The fraction of sp³-hybridized carbons (Fsp3) is 0.241. The van der Waals surface area contributed by atoms with Gasteiger partial charge in [0, 0.05) is 23.2 Å². The highest BCUT2D eigenvalue weighted by molar-refractivity contribution is 6.13. The van der Waals surface area contributed by atoms with Gasteiger partial charge < -0.3 is 29.7 Å². The second kappa shape index (κ2) is 10.6. The molecule has 5 N–H and O–H groups in total. The number of nitrogens with one attached hydrogen (secondary N) is 3. The number of carbonyl (C=O) groups is 6. The fourth-order valence-corrected chi connectivity index (χ4v) is 5.17. The van der Waals surface area contributed by atoms with E-state index in [4.69, 9.17) is 9.47 Å². The Morgan fingerprint density at radius 2 is 1.21 bits per heavy atom. The SMILES string of the molecule is CC1(C)CCC(C(=O)OC(=O)c2cccc3c(C(=O)O)c[nH]c23)NC1C(=O)OC(=O)c1cccc2c(C(=O)O)c[nH]c12. The smallest absolute Gasteiger partial charge is 0.347 e. The number of aromatic amines is 2. The predicted molar refractivity (Wildman–Crippen MR) is 145 cm³/mol. The summed E-state index contributed by atoms with van der Waals surface area (Å²) in [5.41, 5.74) is -0.562. The summed E-state index contributed by atoms with van der Waals surface area (Å²) >= 11 is 0. The van der Waals surface area contributed by atoms with Crippen molar-refractivity contribution in [1.82, 2.24) is 15.3 Å². The molecular formula is C29H25N3O10. The third-order valence-electron chi connectivity index (χ3n) is 7.47. The van der Waals surface area contributed by atoms with E-state index in [0.29, 0.717) is 6.42 Å². The molecule has 0 bridgehead atoms. The minimum absolute atomic E-state index is 0.0457. The number of ether oxygens (including phenoxy) is 2. The highest BCUT2D eigenvalue weighted by Crippen LogP contribution is 2.34. The lowest BCUT2D eigenvalue weighted by molar-refractivity contribution is -0.148. The van der Waals surface area contributed by atoms with Crippen LogP contribution in [0.3, 0.4) is 0 Å². The Balaban J connectivity index is 1.30. The molecule has 2 unspecified atom stereocenters. The van der Waals surface area contributed by atoms with Gasteiger partial charge in [0.05, 0.1) is 33.3 Å². The maximum absolute atomic E-state index is 13.2. The Hall–Kier alpha value is -5.30. The second-order valence-corrected chi connectivity index (χ2v) is 10.6. The maximum atomic E-state index is 13.2. The topological polar surface area (TPSA) is 205 Å². The molecule has 2 aromatic carbocycles. The maximum Gasteiger partial charge on any atom is 0.347 e. The van der Waals surface area contributed by atoms with Gasteiger partial charge in [-0.15, -0.1) is 0 Å². The van der Waals surface area contributed by atoms with E-state index in [1.54, 1.807) is 13.8 Å². The number of aromatic carboxylic acids is 2. The molecule has 216 valence electrons. The van der Waals surface area contributed by atoms with Crippen molar-refractivity contribution in [2.75, 3.05) is 0 Å². The van der Waals surface area contributed by atoms with E-state index in [0.717, 1.165) is 0 Å². The molecule has 13 nitrogen and oxygen atoms in total. The molecule has 4 aromatic rings. The summed E-state index contributed by atoms with van der Waals surface area (Å²) in [5, 5.41) is 22.1. The van der Waals surface area contributed by atoms with Crippen molar-refractivity contribution >= 4 is 57.6 Å². The van der Waals surface area contributed by atoms with Crippen molar-refractivity contribution in [3.8, 4) is 0 Å². The Labute approximate surface area is 236 Å². The van der Waals surface area contributed by atoms with Gasteiger partial charge in [-0.1, -0.05) is 38.1 Å². The summed E-state index contributed by atoms with van der Waals surface area (Å²) in [5.74, 6) is -6.33. The third kappa shape index (κ3) is 5.01. The van der Waals surface area contributed by atoms with Gasteiger partial charge >= 0.3 is 35.8 Å². The first-order chi connectivity index (χ1) is 19.9. The van der Waals surface area contributed by atoms with Gasteiger partial charge in [0.15, 0.2) is 0 Å². The number of aromatic nitrogens is 2. The number of piperidine rings is 1. The summed E-state index contributed by atoms with van der Waals surface area (Å²) in [4.78, 5) is 80.3. The van der Waals surface area contributed by atoms with Gasteiger partial charge in [-0.3, -0.25) is 5.32 Å². The zero-order valence-electron chi connectivity index (χ0n) is 22.3. The number of rotatable bonds is 6. The van der Waals surface area contributed by atoms with Crippen molar-refractivity contribution in [1.29, 1.82) is 0 Å². The second-order valence-electron chi connectivity index (χ2n) is 10.6. The summed E-state index contributed by atoms with van der Waals surface area (Å²) in [6.07, 6.45) is 3.02. The molecule has 0 amide bonds. The molecule has 0 saturated carbocycles. The molecular weight excluding hydrogens is 550 g/mol. The summed E-state index contributed by atoms with van der Waals surface area (Å²) < 4.78 is 10.3. The molecule has 5 rings (SSSR count). The number of H-pyrrole nitrogens is 2. The molecule has 3 heterocycles. The van der Waals surface area contributed by atoms with Gasteiger partial charge in [-0.05, 0) is 30.4 Å². The van der Waals surface area contributed by atoms with E-state index in [9.17, 15) is 39.0 Å². The normalized spacial score (nSPS) is 18.0. The highest BCUT2D eigenvalue weighted by Gasteiger charge is 2.45. The predicted octanol–water partition coefficient (Wildman–Crippen LogP) is 3.26. The molecule has 1 aliphatic heterocycles. The molecule has 13 heteroatoms. The van der Waals surface area contributed by atoms with Crippen molar-refractivity contribution in [3.05, 3.63) is 71.0 Å². The standard InChI is InChI=1S/C29H25N3O10/c1-29(2)10-9-19(27(39)41-25(37)15-7-3-5-13-17(23(33)34)11-30-20(13)15)32-22(29)28(40)42-26(38)16-8-4-6-14-18(24(35)36)12-31-21(14)16/h3-8,11-12,19,22,30-32H,9-10H2,1-2H3,(H,33,34)(H,35,36). The Morgan fingerprint density at radius 3 is 1.69 bits per heavy atom. The Morgan fingerprint density at radius 1 is 0.738 bits per heavy atom. The largest absolute Gasteiger partial charge is 0.478 e. The molecule has 1 saturated heterocycles. The van der Waals surface area contributed by atoms with Crippen LogP contribution in [0.5, 0.6) is 0 Å². The third-order valence-corrected chi connectivity index (χ3v) is 7.47. The number of hydrogen-bond donors (Lipinski definition) is 5. The first-order valence-electron chi connectivity index (χ1n) is 12.8. The van der Waals surface area contributed by atoms with Crippen LogP contribution in [0.15, 0.2) is 48.8 Å². The molecule has 42 heavy (non-hydrogen) atoms. The summed E-state index contributed by atoms with van der Waals surface area (Å²) in [7, 11) is 0. The number of esters is 4. The monoisotopic (exact) mass is 575 g/mol. The van der Waals surface area contributed by atoms with Gasteiger partial charge in [-0.25, -0.2) is 28.8 Å².